The maximum absolute atomic E-state index is 11.8. The summed E-state index contributed by atoms with van der Waals surface area (Å²) in [7, 11) is 0. The van der Waals surface area contributed by atoms with Crippen molar-refractivity contribution in [3.63, 3.8) is 0 Å². The smallest absolute Gasteiger partial charge is 0.276 e. The van der Waals surface area contributed by atoms with E-state index in [1.165, 1.54) is 4.90 Å². The SMILES string of the molecule is Cc1ccccc1OCC(=O)NNC(=O)CN1CCCCCC1=O. The van der Waals surface area contributed by atoms with E-state index < -0.39 is 11.8 Å². The fraction of sp³-hybridized carbons (Fsp3) is 0.471. The number of carbonyl (C=O) groups is 3. The fourth-order valence-electron chi connectivity index (χ4n) is 2.46. The number of benzene rings is 1. The van der Waals surface area contributed by atoms with Crippen molar-refractivity contribution in [1.82, 2.24) is 15.8 Å². The van der Waals surface area contributed by atoms with E-state index in [9.17, 15) is 14.4 Å². The van der Waals surface area contributed by atoms with Gasteiger partial charge in [-0.1, -0.05) is 24.6 Å². The van der Waals surface area contributed by atoms with Crippen LogP contribution in [0.2, 0.25) is 0 Å². The predicted octanol–water partition coefficient (Wildman–Crippen LogP) is 0.924. The molecule has 130 valence electrons. The molecule has 1 aliphatic rings. The summed E-state index contributed by atoms with van der Waals surface area (Å²) in [5.74, 6) is -0.283. The normalized spacial score (nSPS) is 14.7. The Morgan fingerprint density at radius 3 is 2.67 bits per heavy atom. The van der Waals surface area contributed by atoms with E-state index in [1.807, 2.05) is 25.1 Å². The van der Waals surface area contributed by atoms with Crippen LogP contribution in [0.4, 0.5) is 0 Å². The van der Waals surface area contributed by atoms with Crippen molar-refractivity contribution in [3.8, 4) is 5.75 Å². The second-order valence-corrected chi connectivity index (χ2v) is 5.78. The number of para-hydroxylation sites is 1. The van der Waals surface area contributed by atoms with Crippen LogP contribution in [0.3, 0.4) is 0 Å². The van der Waals surface area contributed by atoms with Crippen LogP contribution in [0.15, 0.2) is 24.3 Å². The van der Waals surface area contributed by atoms with E-state index in [0.29, 0.717) is 18.7 Å². The summed E-state index contributed by atoms with van der Waals surface area (Å²) in [5, 5.41) is 0. The van der Waals surface area contributed by atoms with Crippen molar-refractivity contribution in [2.45, 2.75) is 32.6 Å². The Kier molecular flexibility index (Phi) is 6.60. The number of likely N-dealkylation sites (tertiary alicyclic amines) is 1. The minimum Gasteiger partial charge on any atom is -0.483 e. The van der Waals surface area contributed by atoms with E-state index in [2.05, 4.69) is 10.9 Å². The van der Waals surface area contributed by atoms with Crippen LogP contribution in [-0.4, -0.2) is 42.3 Å². The van der Waals surface area contributed by atoms with Crippen molar-refractivity contribution in [2.75, 3.05) is 19.7 Å². The maximum atomic E-state index is 11.8. The first-order chi connectivity index (χ1) is 11.6. The molecule has 2 N–H and O–H groups in total. The minimum absolute atomic E-state index is 0.0168. The lowest BCUT2D eigenvalue weighted by Crippen LogP contribution is -2.48. The summed E-state index contributed by atoms with van der Waals surface area (Å²) in [6.45, 7) is 2.22. The van der Waals surface area contributed by atoms with E-state index in [1.54, 1.807) is 6.07 Å². The Balaban J connectivity index is 1.70. The molecule has 7 nitrogen and oxygen atoms in total. The van der Waals surface area contributed by atoms with Gasteiger partial charge >= 0.3 is 0 Å². The minimum atomic E-state index is -0.464. The molecule has 0 aliphatic carbocycles. The molecule has 0 bridgehead atoms. The van der Waals surface area contributed by atoms with Crippen molar-refractivity contribution in [2.24, 2.45) is 0 Å². The molecular weight excluding hydrogens is 310 g/mol. The molecule has 0 radical (unpaired) electrons. The zero-order valence-electron chi connectivity index (χ0n) is 13.8. The Hall–Kier alpha value is -2.57. The molecule has 0 atom stereocenters. The van der Waals surface area contributed by atoms with Crippen LogP contribution < -0.4 is 15.6 Å². The first kappa shape index (κ1) is 17.8. The Bertz CT molecular complexity index is 603. The molecule has 0 saturated carbocycles. The molecule has 24 heavy (non-hydrogen) atoms. The first-order valence-corrected chi connectivity index (χ1v) is 8.10. The zero-order valence-corrected chi connectivity index (χ0v) is 13.8. The maximum Gasteiger partial charge on any atom is 0.276 e. The highest BCUT2D eigenvalue weighted by atomic mass is 16.5. The van der Waals surface area contributed by atoms with Gasteiger partial charge in [0.25, 0.3) is 11.8 Å². The summed E-state index contributed by atoms with van der Waals surface area (Å²) in [5.41, 5.74) is 5.52. The zero-order chi connectivity index (χ0) is 17.4. The van der Waals surface area contributed by atoms with Gasteiger partial charge in [-0.15, -0.1) is 0 Å². The van der Waals surface area contributed by atoms with Gasteiger partial charge in [0.2, 0.25) is 5.91 Å². The van der Waals surface area contributed by atoms with Crippen molar-refractivity contribution in [1.29, 1.82) is 0 Å². The van der Waals surface area contributed by atoms with Gasteiger partial charge in [-0.25, -0.2) is 0 Å². The van der Waals surface area contributed by atoms with E-state index in [-0.39, 0.29) is 19.1 Å². The lowest BCUT2D eigenvalue weighted by atomic mass is 10.2. The van der Waals surface area contributed by atoms with Crippen LogP contribution in [-0.2, 0) is 14.4 Å². The van der Waals surface area contributed by atoms with E-state index in [4.69, 9.17) is 4.74 Å². The molecule has 3 amide bonds. The molecule has 1 aromatic rings. The van der Waals surface area contributed by atoms with Crippen LogP contribution in [0.5, 0.6) is 5.75 Å². The van der Waals surface area contributed by atoms with E-state index in [0.717, 1.165) is 24.8 Å². The number of hydrazine groups is 1. The molecule has 2 rings (SSSR count). The topological polar surface area (TPSA) is 87.7 Å². The number of nitrogens with one attached hydrogen (secondary N) is 2. The highest BCUT2D eigenvalue weighted by molar-refractivity contribution is 5.87. The molecule has 1 fully saturated rings. The Morgan fingerprint density at radius 1 is 1.12 bits per heavy atom. The van der Waals surface area contributed by atoms with Gasteiger partial charge in [-0.3, -0.25) is 25.2 Å². The van der Waals surface area contributed by atoms with Crippen LogP contribution in [0, 0.1) is 6.92 Å². The number of hydrogen-bond donors (Lipinski definition) is 2. The molecular formula is C17H23N3O4. The molecule has 1 aromatic carbocycles. The lowest BCUT2D eigenvalue weighted by Gasteiger charge is -2.19. The number of hydrogen-bond acceptors (Lipinski definition) is 4. The standard InChI is InChI=1S/C17H23N3O4/c1-13-7-4-5-8-14(13)24-12-16(22)19-18-15(21)11-20-10-6-2-3-9-17(20)23/h4-5,7-8H,2-3,6,9-12H2,1H3,(H,18,21)(H,19,22). The van der Waals surface area contributed by atoms with Gasteiger partial charge in [0.1, 0.15) is 12.3 Å². The number of ether oxygens (including phenoxy) is 1. The summed E-state index contributed by atoms with van der Waals surface area (Å²) < 4.78 is 5.39. The third-order valence-corrected chi connectivity index (χ3v) is 3.80. The van der Waals surface area contributed by atoms with Crippen molar-refractivity contribution >= 4 is 17.7 Å². The number of amides is 3. The summed E-state index contributed by atoms with van der Waals surface area (Å²) in [4.78, 5) is 36.9. The van der Waals surface area contributed by atoms with Crippen LogP contribution >= 0.6 is 0 Å². The molecule has 1 heterocycles. The predicted molar refractivity (Wildman–Crippen MR) is 88.0 cm³/mol. The summed E-state index contributed by atoms with van der Waals surface area (Å²) in [6.07, 6.45) is 3.24. The molecule has 1 aliphatic heterocycles. The van der Waals surface area contributed by atoms with Gasteiger partial charge < -0.3 is 9.64 Å². The summed E-state index contributed by atoms with van der Waals surface area (Å²) >= 11 is 0. The Morgan fingerprint density at radius 2 is 1.88 bits per heavy atom. The Labute approximate surface area is 141 Å². The second kappa shape index (κ2) is 8.90. The van der Waals surface area contributed by atoms with Gasteiger partial charge in [-0.05, 0) is 31.4 Å². The van der Waals surface area contributed by atoms with Crippen molar-refractivity contribution < 1.29 is 19.1 Å². The average molecular weight is 333 g/mol. The first-order valence-electron chi connectivity index (χ1n) is 8.10. The monoisotopic (exact) mass is 333 g/mol. The molecule has 0 aromatic heterocycles. The number of rotatable bonds is 5. The van der Waals surface area contributed by atoms with Gasteiger partial charge in [-0.2, -0.15) is 0 Å². The third kappa shape index (κ3) is 5.57. The molecule has 0 unspecified atom stereocenters. The third-order valence-electron chi connectivity index (χ3n) is 3.80. The second-order valence-electron chi connectivity index (χ2n) is 5.78. The molecule has 1 saturated heterocycles. The van der Waals surface area contributed by atoms with Crippen molar-refractivity contribution in [3.05, 3.63) is 29.8 Å². The molecule has 0 spiro atoms. The van der Waals surface area contributed by atoms with Gasteiger partial charge in [0, 0.05) is 13.0 Å². The number of nitrogens with zero attached hydrogens (tertiary/aromatic N) is 1. The quantitative estimate of drug-likeness (QED) is 0.785. The van der Waals surface area contributed by atoms with Gasteiger partial charge in [0.15, 0.2) is 6.61 Å². The largest absolute Gasteiger partial charge is 0.483 e. The number of aryl methyl sites for hydroxylation is 1. The highest BCUT2D eigenvalue weighted by Gasteiger charge is 2.19. The van der Waals surface area contributed by atoms with Gasteiger partial charge in [0.05, 0.1) is 0 Å². The average Bonchev–Trinajstić information content (AvgIpc) is 2.77. The number of carbonyl (C=O) groups excluding carboxylic acids is 3. The fourth-order valence-corrected chi connectivity index (χ4v) is 2.46. The summed E-state index contributed by atoms with van der Waals surface area (Å²) in [6, 6.07) is 7.35. The highest BCUT2D eigenvalue weighted by Crippen LogP contribution is 2.15. The lowest BCUT2D eigenvalue weighted by molar-refractivity contribution is -0.136. The van der Waals surface area contributed by atoms with Crippen LogP contribution in [0.1, 0.15) is 31.2 Å². The molecule has 7 heteroatoms. The van der Waals surface area contributed by atoms with Crippen LogP contribution in [0.25, 0.3) is 0 Å². The van der Waals surface area contributed by atoms with E-state index >= 15 is 0 Å².